The Kier molecular flexibility index (Phi) is 3.71. The normalized spacial score (nSPS) is 21.1. The third kappa shape index (κ3) is 2.61. The molecule has 5 rings (SSSR count). The maximum Gasteiger partial charge on any atom is 0.266 e. The number of aromatic amines is 1. The topological polar surface area (TPSA) is 81.9 Å². The average molecular weight is 390 g/mol. The number of hydrogen-bond donors (Lipinski definition) is 1. The summed E-state index contributed by atoms with van der Waals surface area (Å²) in [5, 5.41) is 6.61. The minimum Gasteiger partial charge on any atom is -0.460 e. The highest BCUT2D eigenvalue weighted by Crippen LogP contribution is 2.42. The Morgan fingerprint density at radius 3 is 2.76 bits per heavy atom. The van der Waals surface area contributed by atoms with Crippen LogP contribution in [-0.2, 0) is 21.5 Å². The Morgan fingerprint density at radius 1 is 1.21 bits per heavy atom. The summed E-state index contributed by atoms with van der Waals surface area (Å²) in [6.45, 7) is 5.74. The predicted octanol–water partition coefficient (Wildman–Crippen LogP) is 2.93. The van der Waals surface area contributed by atoms with Gasteiger partial charge in [0.1, 0.15) is 24.1 Å². The van der Waals surface area contributed by atoms with Crippen LogP contribution in [0.2, 0.25) is 0 Å². The third-order valence-electron chi connectivity index (χ3n) is 5.92. The lowest BCUT2D eigenvalue weighted by Gasteiger charge is -2.50. The molecule has 2 aromatic heterocycles. The molecule has 2 amide bonds. The van der Waals surface area contributed by atoms with Crippen molar-refractivity contribution < 1.29 is 14.0 Å². The first-order chi connectivity index (χ1) is 13.9. The van der Waals surface area contributed by atoms with Gasteiger partial charge in [0.15, 0.2) is 0 Å². The molecule has 3 aromatic rings. The molecule has 7 heteroatoms. The number of para-hydroxylation sites is 1. The highest BCUT2D eigenvalue weighted by Gasteiger charge is 2.51. The van der Waals surface area contributed by atoms with Gasteiger partial charge in [-0.1, -0.05) is 18.2 Å². The molecule has 1 fully saturated rings. The monoisotopic (exact) mass is 390 g/mol. The highest BCUT2D eigenvalue weighted by atomic mass is 16.3. The largest absolute Gasteiger partial charge is 0.460 e. The maximum atomic E-state index is 13.3. The van der Waals surface area contributed by atoms with Gasteiger partial charge in [-0.3, -0.25) is 9.59 Å². The maximum absolute atomic E-state index is 13.3. The summed E-state index contributed by atoms with van der Waals surface area (Å²) < 4.78 is 5.47. The van der Waals surface area contributed by atoms with Crippen LogP contribution in [-0.4, -0.2) is 45.5 Å². The van der Waals surface area contributed by atoms with E-state index >= 15 is 0 Å². The van der Waals surface area contributed by atoms with E-state index in [-0.39, 0.29) is 18.4 Å². The molecule has 0 unspecified atom stereocenters. The minimum absolute atomic E-state index is 0.0789. The first kappa shape index (κ1) is 17.7. The standard InChI is InChI=1S/C22H22N4O3/c1-13-8-9-14(29-13)11-23-25-12-19(27)26-18(21(25)28)10-16-15-6-4-5-7-17(15)24-20(16)22(26,2)3/h4-9,11,18,24H,10,12H2,1-3H3/b23-11-/t18-/m0/s1. The zero-order valence-electron chi connectivity index (χ0n) is 16.6. The van der Waals surface area contributed by atoms with Crippen LogP contribution in [0, 0.1) is 6.92 Å². The van der Waals surface area contributed by atoms with Gasteiger partial charge in [0.05, 0.1) is 11.8 Å². The van der Waals surface area contributed by atoms with Gasteiger partial charge in [0.25, 0.3) is 5.91 Å². The number of carbonyl (C=O) groups is 2. The Morgan fingerprint density at radius 2 is 2.00 bits per heavy atom. The number of rotatable bonds is 2. The van der Waals surface area contributed by atoms with E-state index in [4.69, 9.17) is 4.42 Å². The molecule has 0 spiro atoms. The van der Waals surface area contributed by atoms with E-state index in [1.165, 1.54) is 11.2 Å². The number of furan rings is 1. The van der Waals surface area contributed by atoms with E-state index in [0.29, 0.717) is 12.2 Å². The SMILES string of the molecule is Cc1ccc(/C=N\N2CC(=O)N3[C@@H](Cc4c([nH]c5ccccc45)C3(C)C)C2=O)o1. The Balaban J connectivity index is 1.53. The molecule has 7 nitrogen and oxygen atoms in total. The van der Waals surface area contributed by atoms with E-state index in [1.54, 1.807) is 11.0 Å². The van der Waals surface area contributed by atoms with Gasteiger partial charge in [-0.25, -0.2) is 5.01 Å². The number of aromatic nitrogens is 1. The molecule has 29 heavy (non-hydrogen) atoms. The minimum atomic E-state index is -0.613. The number of benzene rings is 1. The molecule has 2 aliphatic rings. The van der Waals surface area contributed by atoms with Crippen molar-refractivity contribution >= 4 is 28.9 Å². The van der Waals surface area contributed by atoms with Crippen LogP contribution < -0.4 is 0 Å². The fraction of sp³-hybridized carbons (Fsp3) is 0.318. The van der Waals surface area contributed by atoms with Crippen LogP contribution in [0.25, 0.3) is 10.9 Å². The number of hydrogen-bond acceptors (Lipinski definition) is 4. The van der Waals surface area contributed by atoms with Gasteiger partial charge < -0.3 is 14.3 Å². The van der Waals surface area contributed by atoms with Crippen molar-refractivity contribution in [2.24, 2.45) is 5.10 Å². The van der Waals surface area contributed by atoms with Crippen LogP contribution in [0.3, 0.4) is 0 Å². The van der Waals surface area contributed by atoms with Gasteiger partial charge in [-0.05, 0) is 44.5 Å². The molecular formula is C22H22N4O3. The van der Waals surface area contributed by atoms with Crippen molar-refractivity contribution in [1.82, 2.24) is 14.9 Å². The second-order valence-corrected chi connectivity index (χ2v) is 8.16. The smallest absolute Gasteiger partial charge is 0.266 e. The van der Waals surface area contributed by atoms with Gasteiger partial charge >= 0.3 is 0 Å². The van der Waals surface area contributed by atoms with Crippen molar-refractivity contribution in [3.8, 4) is 0 Å². The van der Waals surface area contributed by atoms with Gasteiger partial charge in [-0.15, -0.1) is 0 Å². The van der Waals surface area contributed by atoms with Crippen LogP contribution in [0.15, 0.2) is 45.9 Å². The lowest BCUT2D eigenvalue weighted by atomic mass is 9.82. The molecule has 0 bridgehead atoms. The number of carbonyl (C=O) groups excluding carboxylic acids is 2. The lowest BCUT2D eigenvalue weighted by Crippen LogP contribution is -2.66. The van der Waals surface area contributed by atoms with E-state index < -0.39 is 11.6 Å². The number of piperazine rings is 1. The molecule has 0 radical (unpaired) electrons. The van der Waals surface area contributed by atoms with E-state index in [2.05, 4.69) is 16.2 Å². The zero-order chi connectivity index (χ0) is 20.3. The molecule has 1 N–H and O–H groups in total. The number of nitrogens with one attached hydrogen (secondary N) is 1. The summed E-state index contributed by atoms with van der Waals surface area (Å²) in [7, 11) is 0. The first-order valence-corrected chi connectivity index (χ1v) is 9.70. The molecule has 2 aliphatic heterocycles. The van der Waals surface area contributed by atoms with Crippen molar-refractivity contribution in [3.05, 3.63) is 59.2 Å². The lowest BCUT2D eigenvalue weighted by molar-refractivity contribution is -0.163. The van der Waals surface area contributed by atoms with Gasteiger partial charge in [-0.2, -0.15) is 5.10 Å². The second-order valence-electron chi connectivity index (χ2n) is 8.16. The summed E-state index contributed by atoms with van der Waals surface area (Å²) in [5.74, 6) is 1.03. The molecule has 0 aliphatic carbocycles. The fourth-order valence-electron chi connectivity index (χ4n) is 4.61. The number of amides is 2. The highest BCUT2D eigenvalue weighted by molar-refractivity contribution is 5.98. The number of hydrazone groups is 1. The summed E-state index contributed by atoms with van der Waals surface area (Å²) in [6, 6.07) is 11.1. The van der Waals surface area contributed by atoms with Crippen LogP contribution in [0.4, 0.5) is 0 Å². The third-order valence-corrected chi connectivity index (χ3v) is 5.92. The Bertz CT molecular complexity index is 1170. The summed E-state index contributed by atoms with van der Waals surface area (Å²) in [6.07, 6.45) is 1.96. The summed E-state index contributed by atoms with van der Waals surface area (Å²) in [5.41, 5.74) is 2.51. The molecule has 148 valence electrons. The Labute approximate surface area is 168 Å². The van der Waals surface area contributed by atoms with Crippen molar-refractivity contribution in [3.63, 3.8) is 0 Å². The van der Waals surface area contributed by atoms with Gasteiger partial charge in [0, 0.05) is 23.0 Å². The second kappa shape index (κ2) is 6.07. The molecule has 1 aromatic carbocycles. The van der Waals surface area contributed by atoms with Crippen LogP contribution in [0.5, 0.6) is 0 Å². The molecule has 1 saturated heterocycles. The van der Waals surface area contributed by atoms with Crippen molar-refractivity contribution in [2.45, 2.75) is 38.8 Å². The number of H-pyrrole nitrogens is 1. The quantitative estimate of drug-likeness (QED) is 0.683. The molecular weight excluding hydrogens is 368 g/mol. The van der Waals surface area contributed by atoms with E-state index in [0.717, 1.165) is 27.9 Å². The molecule has 0 saturated carbocycles. The number of fused-ring (bicyclic) bond motifs is 4. The van der Waals surface area contributed by atoms with E-state index in [1.807, 2.05) is 45.0 Å². The van der Waals surface area contributed by atoms with Crippen LogP contribution in [0.1, 0.15) is 36.6 Å². The predicted molar refractivity (Wildman–Crippen MR) is 108 cm³/mol. The zero-order valence-corrected chi connectivity index (χ0v) is 16.6. The van der Waals surface area contributed by atoms with Crippen LogP contribution >= 0.6 is 0 Å². The first-order valence-electron chi connectivity index (χ1n) is 9.70. The average Bonchev–Trinajstić information content (AvgIpc) is 3.27. The van der Waals surface area contributed by atoms with Crippen molar-refractivity contribution in [2.75, 3.05) is 6.54 Å². The fourth-order valence-corrected chi connectivity index (χ4v) is 4.61. The molecule has 4 heterocycles. The Hall–Kier alpha value is -3.35. The summed E-state index contributed by atoms with van der Waals surface area (Å²) in [4.78, 5) is 31.5. The number of nitrogens with zero attached hydrogens (tertiary/aromatic N) is 3. The van der Waals surface area contributed by atoms with Crippen molar-refractivity contribution in [1.29, 1.82) is 0 Å². The van der Waals surface area contributed by atoms with Gasteiger partial charge in [0.2, 0.25) is 5.91 Å². The summed E-state index contributed by atoms with van der Waals surface area (Å²) >= 11 is 0. The molecule has 1 atom stereocenters. The van der Waals surface area contributed by atoms with E-state index in [9.17, 15) is 9.59 Å². The number of aryl methyl sites for hydroxylation is 1.